The van der Waals surface area contributed by atoms with Gasteiger partial charge in [-0.25, -0.2) is 0 Å². The van der Waals surface area contributed by atoms with E-state index in [4.69, 9.17) is 5.26 Å². The van der Waals surface area contributed by atoms with Crippen molar-refractivity contribution in [2.45, 2.75) is 33.2 Å². The predicted octanol–water partition coefficient (Wildman–Crippen LogP) is 1.31. The molecule has 0 aliphatic carbocycles. The van der Waals surface area contributed by atoms with Crippen LogP contribution in [0.1, 0.15) is 27.2 Å². The Kier molecular flexibility index (Phi) is 5.24. The number of thioether (sulfide) groups is 1. The number of nitriles is 1. The average Bonchev–Trinajstić information content (AvgIpc) is 2.74. The van der Waals surface area contributed by atoms with Gasteiger partial charge in [-0.2, -0.15) is 5.26 Å². The Bertz CT molecular complexity index is 398. The van der Waals surface area contributed by atoms with E-state index in [0.29, 0.717) is 18.1 Å². The lowest BCUT2D eigenvalue weighted by atomic mass is 9.91. The fourth-order valence-corrected chi connectivity index (χ4v) is 3.06. The number of likely N-dealkylation sites (N-methyl/N-ethyl adjacent to an activating group) is 1. The molecule has 1 heterocycles. The first-order valence-electron chi connectivity index (χ1n) is 6.25. The first-order chi connectivity index (χ1) is 8.76. The van der Waals surface area contributed by atoms with E-state index in [9.17, 15) is 9.59 Å². The molecule has 0 aromatic carbocycles. The Morgan fingerprint density at radius 2 is 2.11 bits per heavy atom. The summed E-state index contributed by atoms with van der Waals surface area (Å²) in [5.74, 6) is 1.05. The van der Waals surface area contributed by atoms with Crippen LogP contribution in [0.2, 0.25) is 0 Å². The number of hydrogen-bond acceptors (Lipinski definition) is 4. The zero-order valence-corrected chi connectivity index (χ0v) is 12.8. The van der Waals surface area contributed by atoms with Crippen molar-refractivity contribution in [3.05, 3.63) is 0 Å². The predicted molar refractivity (Wildman–Crippen MR) is 75.3 cm³/mol. The summed E-state index contributed by atoms with van der Waals surface area (Å²) in [6, 6.07) is 1.53. The minimum atomic E-state index is -0.418. The highest BCUT2D eigenvalue weighted by atomic mass is 32.2. The van der Waals surface area contributed by atoms with Crippen LogP contribution >= 0.6 is 11.8 Å². The summed E-state index contributed by atoms with van der Waals surface area (Å²) in [6.07, 6.45) is 0.430. The van der Waals surface area contributed by atoms with Crippen molar-refractivity contribution in [1.29, 1.82) is 5.26 Å². The third-order valence-corrected chi connectivity index (χ3v) is 3.87. The van der Waals surface area contributed by atoms with E-state index in [-0.39, 0.29) is 23.8 Å². The van der Waals surface area contributed by atoms with Gasteiger partial charge in [-0.05, 0) is 5.41 Å². The SMILES string of the molecule is CN(CC#N)C(=O)C1CSCN1C(=O)CC(C)(C)C. The van der Waals surface area contributed by atoms with Crippen molar-refractivity contribution in [2.24, 2.45) is 5.41 Å². The molecule has 1 atom stereocenters. The molecule has 0 bridgehead atoms. The number of amides is 2. The molecule has 0 spiro atoms. The molecule has 106 valence electrons. The maximum atomic E-state index is 12.2. The summed E-state index contributed by atoms with van der Waals surface area (Å²) in [5.41, 5.74) is -0.0868. The van der Waals surface area contributed by atoms with Gasteiger partial charge in [0.15, 0.2) is 0 Å². The fourth-order valence-electron chi connectivity index (χ4n) is 1.89. The van der Waals surface area contributed by atoms with Crippen LogP contribution in [0, 0.1) is 16.7 Å². The van der Waals surface area contributed by atoms with E-state index in [0.717, 1.165) is 0 Å². The summed E-state index contributed by atoms with van der Waals surface area (Å²) >= 11 is 1.58. The number of nitrogens with zero attached hydrogens (tertiary/aromatic N) is 3. The molecule has 0 aromatic rings. The standard InChI is InChI=1S/C13H21N3O2S/c1-13(2,3)7-11(17)16-9-19-8-10(16)12(18)15(4)6-5-14/h10H,6-9H2,1-4H3. The molecular weight excluding hydrogens is 262 g/mol. The molecule has 1 aliphatic rings. The van der Waals surface area contributed by atoms with Crippen molar-refractivity contribution in [3.63, 3.8) is 0 Å². The van der Waals surface area contributed by atoms with Crippen LogP contribution in [0.25, 0.3) is 0 Å². The minimum Gasteiger partial charge on any atom is -0.331 e. The molecule has 6 heteroatoms. The second-order valence-electron chi connectivity index (χ2n) is 5.97. The van der Waals surface area contributed by atoms with Gasteiger partial charge in [0, 0.05) is 19.2 Å². The van der Waals surface area contributed by atoms with Gasteiger partial charge in [0.25, 0.3) is 0 Å². The van der Waals surface area contributed by atoms with Crippen molar-refractivity contribution in [3.8, 4) is 6.07 Å². The minimum absolute atomic E-state index is 0.0150. The molecule has 1 fully saturated rings. The molecule has 1 saturated heterocycles. The Labute approximate surface area is 118 Å². The maximum Gasteiger partial charge on any atom is 0.246 e. The molecule has 1 unspecified atom stereocenters. The summed E-state index contributed by atoms with van der Waals surface area (Å²) in [5, 5.41) is 8.63. The number of carbonyl (C=O) groups is 2. The largest absolute Gasteiger partial charge is 0.331 e. The second-order valence-corrected chi connectivity index (χ2v) is 6.97. The maximum absolute atomic E-state index is 12.2. The molecule has 1 aliphatic heterocycles. The zero-order chi connectivity index (χ0) is 14.6. The van der Waals surface area contributed by atoms with Crippen LogP contribution in [-0.4, -0.2) is 52.9 Å². The van der Waals surface area contributed by atoms with E-state index >= 15 is 0 Å². The van der Waals surface area contributed by atoms with Gasteiger partial charge < -0.3 is 9.80 Å². The molecule has 0 saturated carbocycles. The second kappa shape index (κ2) is 6.29. The van der Waals surface area contributed by atoms with Crippen molar-refractivity contribution < 1.29 is 9.59 Å². The number of rotatable bonds is 3. The molecule has 1 rings (SSSR count). The lowest BCUT2D eigenvalue weighted by Gasteiger charge is -2.28. The summed E-state index contributed by atoms with van der Waals surface area (Å²) in [7, 11) is 1.60. The van der Waals surface area contributed by atoms with Crippen LogP contribution in [-0.2, 0) is 9.59 Å². The Hall–Kier alpha value is -1.22. The highest BCUT2D eigenvalue weighted by molar-refractivity contribution is 7.99. The molecule has 19 heavy (non-hydrogen) atoms. The van der Waals surface area contributed by atoms with Gasteiger partial charge in [-0.3, -0.25) is 9.59 Å². The van der Waals surface area contributed by atoms with Crippen LogP contribution in [0.5, 0.6) is 0 Å². The van der Waals surface area contributed by atoms with E-state index in [2.05, 4.69) is 0 Å². The third-order valence-electron chi connectivity index (χ3n) is 2.85. The first-order valence-corrected chi connectivity index (χ1v) is 7.41. The Morgan fingerprint density at radius 3 is 2.63 bits per heavy atom. The lowest BCUT2D eigenvalue weighted by molar-refractivity contribution is -0.143. The molecule has 0 aromatic heterocycles. The zero-order valence-electron chi connectivity index (χ0n) is 12.0. The third kappa shape index (κ3) is 4.43. The molecule has 5 nitrogen and oxygen atoms in total. The van der Waals surface area contributed by atoms with Crippen LogP contribution in [0.15, 0.2) is 0 Å². The molecule has 2 amide bonds. The summed E-state index contributed by atoms with van der Waals surface area (Å²) in [6.45, 7) is 6.08. The average molecular weight is 283 g/mol. The lowest BCUT2D eigenvalue weighted by Crippen LogP contribution is -2.48. The van der Waals surface area contributed by atoms with Gasteiger partial charge >= 0.3 is 0 Å². The quantitative estimate of drug-likeness (QED) is 0.733. The van der Waals surface area contributed by atoms with E-state index in [1.807, 2.05) is 26.8 Å². The van der Waals surface area contributed by atoms with Crippen molar-refractivity contribution in [1.82, 2.24) is 9.80 Å². The topological polar surface area (TPSA) is 64.4 Å². The fraction of sp³-hybridized carbons (Fsp3) is 0.769. The van der Waals surface area contributed by atoms with Gasteiger partial charge in [-0.15, -0.1) is 11.8 Å². The van der Waals surface area contributed by atoms with E-state index < -0.39 is 6.04 Å². The van der Waals surface area contributed by atoms with Gasteiger partial charge in [-0.1, -0.05) is 20.8 Å². The first kappa shape index (κ1) is 15.8. The molecule has 0 N–H and O–H groups in total. The summed E-state index contributed by atoms with van der Waals surface area (Å²) < 4.78 is 0. The monoisotopic (exact) mass is 283 g/mol. The molecular formula is C13H21N3O2S. The Balaban J connectivity index is 2.71. The van der Waals surface area contributed by atoms with Crippen LogP contribution in [0.3, 0.4) is 0 Å². The smallest absolute Gasteiger partial charge is 0.246 e. The van der Waals surface area contributed by atoms with Gasteiger partial charge in [0.2, 0.25) is 11.8 Å². The highest BCUT2D eigenvalue weighted by Crippen LogP contribution is 2.27. The van der Waals surface area contributed by atoms with Crippen molar-refractivity contribution in [2.75, 3.05) is 25.2 Å². The molecule has 0 radical (unpaired) electrons. The summed E-state index contributed by atoms with van der Waals surface area (Å²) in [4.78, 5) is 27.4. The van der Waals surface area contributed by atoms with E-state index in [1.165, 1.54) is 4.90 Å². The van der Waals surface area contributed by atoms with Crippen molar-refractivity contribution >= 4 is 23.6 Å². The Morgan fingerprint density at radius 1 is 1.47 bits per heavy atom. The highest BCUT2D eigenvalue weighted by Gasteiger charge is 2.37. The van der Waals surface area contributed by atoms with Crippen LogP contribution in [0.4, 0.5) is 0 Å². The van der Waals surface area contributed by atoms with E-state index in [1.54, 1.807) is 23.7 Å². The number of hydrogen-bond donors (Lipinski definition) is 0. The van der Waals surface area contributed by atoms with Gasteiger partial charge in [0.1, 0.15) is 12.6 Å². The number of carbonyl (C=O) groups excluding carboxylic acids is 2. The normalized spacial score (nSPS) is 19.1. The van der Waals surface area contributed by atoms with Crippen LogP contribution < -0.4 is 0 Å². The van der Waals surface area contributed by atoms with Gasteiger partial charge in [0.05, 0.1) is 11.9 Å².